The van der Waals surface area contributed by atoms with Gasteiger partial charge in [0, 0.05) is 25.2 Å². The third kappa shape index (κ3) is 4.64. The topological polar surface area (TPSA) is 69.6 Å². The number of hydrogen-bond donors (Lipinski definition) is 2. The highest BCUT2D eigenvalue weighted by atomic mass is 19.1. The van der Waals surface area contributed by atoms with Crippen molar-refractivity contribution in [2.75, 3.05) is 14.1 Å². The molecule has 0 radical (unpaired) electrons. The van der Waals surface area contributed by atoms with Gasteiger partial charge < -0.3 is 15.3 Å². The Morgan fingerprint density at radius 2 is 1.68 bits per heavy atom. The standard InChI is InChI=1S/C19H21FN2O3/c1-12(17(23)13-7-9-16(20)10-8-13)21-18(24)14-5-4-6-15(11-14)19(25)22(2)3/h4-12,17,23H,1-3H3,(H,21,24). The Balaban J connectivity index is 2.09. The van der Waals surface area contributed by atoms with Crippen LogP contribution in [0.15, 0.2) is 48.5 Å². The Morgan fingerprint density at radius 3 is 2.28 bits per heavy atom. The molecule has 5 nitrogen and oxygen atoms in total. The molecule has 25 heavy (non-hydrogen) atoms. The van der Waals surface area contributed by atoms with Crippen LogP contribution in [0.4, 0.5) is 4.39 Å². The quantitative estimate of drug-likeness (QED) is 0.875. The first-order valence-electron chi connectivity index (χ1n) is 7.85. The van der Waals surface area contributed by atoms with Crippen LogP contribution in [0.25, 0.3) is 0 Å². The Bertz CT molecular complexity index is 760. The first kappa shape index (κ1) is 18.6. The van der Waals surface area contributed by atoms with Crippen molar-refractivity contribution in [1.82, 2.24) is 10.2 Å². The highest BCUT2D eigenvalue weighted by Gasteiger charge is 2.20. The van der Waals surface area contributed by atoms with Crippen molar-refractivity contribution in [3.63, 3.8) is 0 Å². The number of aliphatic hydroxyl groups excluding tert-OH is 1. The largest absolute Gasteiger partial charge is 0.386 e. The van der Waals surface area contributed by atoms with Crippen LogP contribution in [0.1, 0.15) is 39.3 Å². The monoisotopic (exact) mass is 344 g/mol. The van der Waals surface area contributed by atoms with Gasteiger partial charge in [-0.15, -0.1) is 0 Å². The molecule has 2 aromatic carbocycles. The van der Waals surface area contributed by atoms with Gasteiger partial charge >= 0.3 is 0 Å². The molecule has 2 aromatic rings. The van der Waals surface area contributed by atoms with Crippen LogP contribution < -0.4 is 5.32 Å². The maximum absolute atomic E-state index is 13.0. The lowest BCUT2D eigenvalue weighted by atomic mass is 10.0. The van der Waals surface area contributed by atoms with Crippen molar-refractivity contribution in [2.24, 2.45) is 0 Å². The molecule has 6 heteroatoms. The van der Waals surface area contributed by atoms with E-state index in [0.717, 1.165) is 0 Å². The molecule has 2 unspecified atom stereocenters. The zero-order valence-electron chi connectivity index (χ0n) is 14.4. The van der Waals surface area contributed by atoms with Crippen molar-refractivity contribution in [1.29, 1.82) is 0 Å². The predicted molar refractivity (Wildman–Crippen MR) is 92.7 cm³/mol. The SMILES string of the molecule is CC(NC(=O)c1cccc(C(=O)N(C)C)c1)C(O)c1ccc(F)cc1. The van der Waals surface area contributed by atoms with E-state index in [1.54, 1.807) is 39.2 Å². The lowest BCUT2D eigenvalue weighted by Gasteiger charge is -2.21. The highest BCUT2D eigenvalue weighted by molar-refractivity contribution is 5.99. The van der Waals surface area contributed by atoms with E-state index in [4.69, 9.17) is 0 Å². The molecule has 2 rings (SSSR count). The summed E-state index contributed by atoms with van der Waals surface area (Å²) in [6.45, 7) is 1.65. The second kappa shape index (κ2) is 7.90. The summed E-state index contributed by atoms with van der Waals surface area (Å²) < 4.78 is 13.0. The van der Waals surface area contributed by atoms with Gasteiger partial charge in [-0.25, -0.2) is 4.39 Å². The zero-order valence-corrected chi connectivity index (χ0v) is 14.4. The lowest BCUT2D eigenvalue weighted by molar-refractivity contribution is 0.0827. The number of nitrogens with one attached hydrogen (secondary N) is 1. The average Bonchev–Trinajstić information content (AvgIpc) is 2.61. The minimum absolute atomic E-state index is 0.200. The summed E-state index contributed by atoms with van der Waals surface area (Å²) in [5.74, 6) is -0.994. The second-order valence-corrected chi connectivity index (χ2v) is 6.04. The van der Waals surface area contributed by atoms with Crippen LogP contribution in [-0.4, -0.2) is 42.0 Å². The Morgan fingerprint density at radius 1 is 1.08 bits per heavy atom. The van der Waals surface area contributed by atoms with Gasteiger partial charge in [-0.2, -0.15) is 0 Å². The summed E-state index contributed by atoms with van der Waals surface area (Å²) >= 11 is 0. The number of benzene rings is 2. The molecule has 0 bridgehead atoms. The zero-order chi connectivity index (χ0) is 18.6. The van der Waals surface area contributed by atoms with Crippen LogP contribution in [0.2, 0.25) is 0 Å². The number of hydrogen-bond acceptors (Lipinski definition) is 3. The molecule has 0 aliphatic heterocycles. The van der Waals surface area contributed by atoms with Crippen molar-refractivity contribution in [2.45, 2.75) is 19.1 Å². The molecule has 0 aromatic heterocycles. The van der Waals surface area contributed by atoms with Crippen molar-refractivity contribution in [3.8, 4) is 0 Å². The number of aliphatic hydroxyl groups is 1. The first-order valence-corrected chi connectivity index (χ1v) is 7.85. The van der Waals surface area contributed by atoms with E-state index in [0.29, 0.717) is 16.7 Å². The molecule has 2 N–H and O–H groups in total. The minimum atomic E-state index is -0.976. The number of amides is 2. The van der Waals surface area contributed by atoms with E-state index in [1.165, 1.54) is 35.2 Å². The molecule has 0 saturated carbocycles. The molecule has 0 spiro atoms. The van der Waals surface area contributed by atoms with Crippen molar-refractivity contribution < 1.29 is 19.1 Å². The van der Waals surface area contributed by atoms with Gasteiger partial charge in [-0.3, -0.25) is 9.59 Å². The Labute approximate surface area is 146 Å². The van der Waals surface area contributed by atoms with Crippen LogP contribution in [0.3, 0.4) is 0 Å². The van der Waals surface area contributed by atoms with Gasteiger partial charge in [0.25, 0.3) is 11.8 Å². The van der Waals surface area contributed by atoms with E-state index in [1.807, 2.05) is 0 Å². The minimum Gasteiger partial charge on any atom is -0.386 e. The summed E-state index contributed by atoms with van der Waals surface area (Å²) in [6.07, 6.45) is -0.976. The third-order valence-corrected chi connectivity index (χ3v) is 3.82. The molecule has 132 valence electrons. The first-order chi connectivity index (χ1) is 11.8. The van der Waals surface area contributed by atoms with E-state index >= 15 is 0 Å². The highest BCUT2D eigenvalue weighted by Crippen LogP contribution is 2.18. The second-order valence-electron chi connectivity index (χ2n) is 6.04. The molecule has 0 aliphatic rings. The fourth-order valence-corrected chi connectivity index (χ4v) is 2.37. The third-order valence-electron chi connectivity index (χ3n) is 3.82. The molecular weight excluding hydrogens is 323 g/mol. The van der Waals surface area contributed by atoms with Crippen LogP contribution in [-0.2, 0) is 0 Å². The Hall–Kier alpha value is -2.73. The van der Waals surface area contributed by atoms with Crippen LogP contribution in [0, 0.1) is 5.82 Å². The van der Waals surface area contributed by atoms with E-state index < -0.39 is 23.9 Å². The molecule has 0 aliphatic carbocycles. The van der Waals surface area contributed by atoms with Crippen molar-refractivity contribution >= 4 is 11.8 Å². The summed E-state index contributed by atoms with van der Waals surface area (Å²) in [7, 11) is 3.27. The maximum atomic E-state index is 13.0. The normalized spacial score (nSPS) is 13.0. The van der Waals surface area contributed by atoms with E-state index in [-0.39, 0.29) is 5.91 Å². The fraction of sp³-hybridized carbons (Fsp3) is 0.263. The lowest BCUT2D eigenvalue weighted by Crippen LogP contribution is -2.37. The fourth-order valence-electron chi connectivity index (χ4n) is 2.37. The summed E-state index contributed by atoms with van der Waals surface area (Å²) in [5, 5.41) is 13.0. The van der Waals surface area contributed by atoms with Gasteiger partial charge in [0.05, 0.1) is 12.1 Å². The number of carbonyl (C=O) groups is 2. The van der Waals surface area contributed by atoms with Gasteiger partial charge in [-0.1, -0.05) is 18.2 Å². The van der Waals surface area contributed by atoms with Crippen molar-refractivity contribution in [3.05, 3.63) is 71.0 Å². The molecule has 2 atom stereocenters. The predicted octanol–water partition coefficient (Wildman–Crippen LogP) is 2.38. The van der Waals surface area contributed by atoms with E-state index in [2.05, 4.69) is 5.32 Å². The summed E-state index contributed by atoms with van der Waals surface area (Å²) in [6, 6.07) is 11.2. The maximum Gasteiger partial charge on any atom is 0.253 e. The van der Waals surface area contributed by atoms with Crippen LogP contribution in [0.5, 0.6) is 0 Å². The van der Waals surface area contributed by atoms with Crippen LogP contribution >= 0.6 is 0 Å². The number of carbonyl (C=O) groups excluding carboxylic acids is 2. The van der Waals surface area contributed by atoms with Gasteiger partial charge in [-0.05, 0) is 42.8 Å². The average molecular weight is 344 g/mol. The van der Waals surface area contributed by atoms with Gasteiger partial charge in [0.15, 0.2) is 0 Å². The number of nitrogens with zero attached hydrogens (tertiary/aromatic N) is 1. The number of rotatable bonds is 5. The Kier molecular flexibility index (Phi) is 5.88. The summed E-state index contributed by atoms with van der Waals surface area (Å²) in [5.41, 5.74) is 1.24. The molecule has 2 amide bonds. The number of halogens is 1. The summed E-state index contributed by atoms with van der Waals surface area (Å²) in [4.78, 5) is 25.8. The smallest absolute Gasteiger partial charge is 0.253 e. The molecule has 0 saturated heterocycles. The molecule has 0 fully saturated rings. The van der Waals surface area contributed by atoms with Gasteiger partial charge in [0.2, 0.25) is 0 Å². The van der Waals surface area contributed by atoms with E-state index in [9.17, 15) is 19.1 Å². The molecular formula is C19H21FN2O3. The van der Waals surface area contributed by atoms with Gasteiger partial charge in [0.1, 0.15) is 5.82 Å². The molecule has 0 heterocycles.